The van der Waals surface area contributed by atoms with Gasteiger partial charge in [0.05, 0.1) is 16.3 Å². The van der Waals surface area contributed by atoms with Gasteiger partial charge in [-0.1, -0.05) is 12.2 Å². The van der Waals surface area contributed by atoms with Gasteiger partial charge in [-0.25, -0.2) is 0 Å². The minimum Gasteiger partial charge on any atom is -0.392 e. The summed E-state index contributed by atoms with van der Waals surface area (Å²) in [5.74, 6) is 0. The number of nitrogens with zero attached hydrogens (tertiary/aromatic N) is 1. The maximum atomic E-state index is 12.0. The van der Waals surface area contributed by atoms with Crippen molar-refractivity contribution in [2.24, 2.45) is 5.73 Å². The highest BCUT2D eigenvalue weighted by Crippen LogP contribution is 2.35. The van der Waals surface area contributed by atoms with Crippen molar-refractivity contribution < 1.29 is 13.2 Å². The Labute approximate surface area is 124 Å². The number of piperidine rings is 1. The molecule has 1 heterocycles. The van der Waals surface area contributed by atoms with Gasteiger partial charge < -0.3 is 10.5 Å². The van der Waals surface area contributed by atoms with Gasteiger partial charge >= 0.3 is 0 Å². The molecule has 3 N–H and O–H groups in total. The fourth-order valence-corrected chi connectivity index (χ4v) is 4.44. The van der Waals surface area contributed by atoms with E-state index in [0.29, 0.717) is 37.5 Å². The van der Waals surface area contributed by atoms with E-state index in [1.54, 1.807) is 11.8 Å². The number of rotatable bonds is 7. The Hall–Kier alpha value is 0.0700. The molecule has 9 heteroatoms. The van der Waals surface area contributed by atoms with E-state index in [2.05, 4.69) is 4.72 Å². The monoisotopic (exact) mass is 327 g/mol. The molecule has 0 atom stereocenters. The largest absolute Gasteiger partial charge is 0.392 e. The van der Waals surface area contributed by atoms with Crippen molar-refractivity contribution in [3.63, 3.8) is 0 Å². The predicted molar refractivity (Wildman–Crippen MR) is 82.6 cm³/mol. The molecule has 0 aromatic heterocycles. The smallest absolute Gasteiger partial charge is 0.279 e. The number of thiocarbonyl (C=S) groups is 1. The molecule has 112 valence electrons. The Kier molecular flexibility index (Phi) is 6.48. The minimum absolute atomic E-state index is 0.270. The average Bonchev–Trinajstić information content (AvgIpc) is 2.38. The lowest BCUT2D eigenvalue weighted by Gasteiger charge is -2.39. The van der Waals surface area contributed by atoms with Crippen molar-refractivity contribution in [1.82, 2.24) is 9.03 Å². The van der Waals surface area contributed by atoms with Crippen LogP contribution in [0.25, 0.3) is 0 Å². The van der Waals surface area contributed by atoms with Crippen molar-refractivity contribution >= 4 is 39.2 Å². The van der Waals surface area contributed by atoms with Gasteiger partial charge in [0.1, 0.15) is 0 Å². The number of hydrogen-bond acceptors (Lipinski definition) is 5. The molecule has 0 aromatic carbocycles. The van der Waals surface area contributed by atoms with Crippen LogP contribution in [-0.4, -0.2) is 62.1 Å². The summed E-state index contributed by atoms with van der Waals surface area (Å²) in [6.45, 7) is 1.49. The number of thioether (sulfide) groups is 1. The van der Waals surface area contributed by atoms with E-state index in [-0.39, 0.29) is 11.3 Å². The molecule has 0 unspecified atom stereocenters. The topological polar surface area (TPSA) is 84.7 Å². The van der Waals surface area contributed by atoms with Crippen LogP contribution in [-0.2, 0) is 14.9 Å². The van der Waals surface area contributed by atoms with Gasteiger partial charge in [0.2, 0.25) is 0 Å². The lowest BCUT2D eigenvalue weighted by molar-refractivity contribution is 0.203. The Morgan fingerprint density at radius 1 is 1.53 bits per heavy atom. The van der Waals surface area contributed by atoms with Gasteiger partial charge in [0.25, 0.3) is 10.2 Å². The molecule has 1 fully saturated rings. The summed E-state index contributed by atoms with van der Waals surface area (Å²) in [6.07, 6.45) is 3.25. The lowest BCUT2D eigenvalue weighted by Crippen LogP contribution is -2.53. The molecule has 19 heavy (non-hydrogen) atoms. The van der Waals surface area contributed by atoms with Crippen molar-refractivity contribution in [2.45, 2.75) is 17.6 Å². The van der Waals surface area contributed by atoms with Crippen molar-refractivity contribution in [1.29, 1.82) is 0 Å². The highest BCUT2D eigenvalue weighted by atomic mass is 32.2. The molecule has 6 nitrogen and oxygen atoms in total. The third-order valence-corrected chi connectivity index (χ3v) is 6.84. The zero-order valence-corrected chi connectivity index (χ0v) is 13.7. The molecule has 0 spiro atoms. The van der Waals surface area contributed by atoms with Crippen LogP contribution in [0.3, 0.4) is 0 Å². The Morgan fingerprint density at radius 3 is 2.53 bits per heavy atom. The summed E-state index contributed by atoms with van der Waals surface area (Å²) in [5, 5.41) is 0. The second-order valence-electron chi connectivity index (χ2n) is 4.35. The van der Waals surface area contributed by atoms with Gasteiger partial charge in [-0.05, 0) is 19.1 Å². The molecule has 1 rings (SSSR count). The summed E-state index contributed by atoms with van der Waals surface area (Å²) < 4.78 is 32.5. The number of methoxy groups -OCH3 is 1. The van der Waals surface area contributed by atoms with Gasteiger partial charge in [-0.2, -0.15) is 29.2 Å². The summed E-state index contributed by atoms with van der Waals surface area (Å²) >= 11 is 6.71. The van der Waals surface area contributed by atoms with Gasteiger partial charge in [-0.3, -0.25) is 0 Å². The number of hydrogen-bond donors (Lipinski definition) is 2. The number of nitrogens with one attached hydrogen (secondary N) is 1. The normalized spacial score (nSPS) is 20.3. The minimum atomic E-state index is -3.43. The molecular formula is C10H21N3O3S3. The quantitative estimate of drug-likeness (QED) is 0.504. The average molecular weight is 327 g/mol. The first-order valence-corrected chi connectivity index (χ1v) is 9.04. The highest BCUT2D eigenvalue weighted by Gasteiger charge is 2.39. The van der Waals surface area contributed by atoms with Crippen LogP contribution in [0.15, 0.2) is 0 Å². The molecule has 1 aliphatic heterocycles. The standard InChI is InChI=1S/C10H21N3O3S3/c1-16-8-5-12-19(14,15)13-6-3-10(18-2,4-7-13)9(11)17/h12H,3-8H2,1-2H3,(H2,11,17). The fourth-order valence-electron chi connectivity index (χ4n) is 2.00. The second-order valence-corrected chi connectivity index (χ2v) is 7.74. The van der Waals surface area contributed by atoms with E-state index in [0.717, 1.165) is 0 Å². The molecule has 0 bridgehead atoms. The number of nitrogens with two attached hydrogens (primary N) is 1. The van der Waals surface area contributed by atoms with Crippen LogP contribution in [0.4, 0.5) is 0 Å². The molecule has 1 aliphatic rings. The van der Waals surface area contributed by atoms with E-state index in [1.165, 1.54) is 11.4 Å². The third-order valence-electron chi connectivity index (χ3n) is 3.30. The first-order valence-electron chi connectivity index (χ1n) is 5.97. The van der Waals surface area contributed by atoms with Crippen LogP contribution in [0.1, 0.15) is 12.8 Å². The SMILES string of the molecule is COCCNS(=O)(=O)N1CCC(SC)(C(N)=S)CC1. The summed E-state index contributed by atoms with van der Waals surface area (Å²) in [7, 11) is -1.90. The molecule has 0 amide bonds. The Morgan fingerprint density at radius 2 is 2.11 bits per heavy atom. The van der Waals surface area contributed by atoms with E-state index in [4.69, 9.17) is 22.7 Å². The highest BCUT2D eigenvalue weighted by molar-refractivity contribution is 8.02. The molecule has 1 saturated heterocycles. The van der Waals surface area contributed by atoms with Crippen LogP contribution in [0.5, 0.6) is 0 Å². The van der Waals surface area contributed by atoms with Crippen LogP contribution < -0.4 is 10.5 Å². The zero-order chi connectivity index (χ0) is 14.5. The predicted octanol–water partition coefficient (Wildman–Crippen LogP) is -0.0491. The molecule has 0 aliphatic carbocycles. The fraction of sp³-hybridized carbons (Fsp3) is 0.900. The lowest BCUT2D eigenvalue weighted by atomic mass is 9.97. The molecular weight excluding hydrogens is 306 g/mol. The Balaban J connectivity index is 2.60. The van der Waals surface area contributed by atoms with Gasteiger partial charge in [0, 0.05) is 26.7 Å². The third kappa shape index (κ3) is 4.27. The van der Waals surface area contributed by atoms with Gasteiger partial charge in [0.15, 0.2) is 0 Å². The zero-order valence-electron chi connectivity index (χ0n) is 11.2. The van der Waals surface area contributed by atoms with Crippen molar-refractivity contribution in [3.05, 3.63) is 0 Å². The van der Waals surface area contributed by atoms with Crippen LogP contribution in [0.2, 0.25) is 0 Å². The number of ether oxygens (including phenoxy) is 1. The molecule has 0 saturated carbocycles. The Bertz CT molecular complexity index is 405. The first-order chi connectivity index (χ1) is 8.88. The van der Waals surface area contributed by atoms with Crippen LogP contribution >= 0.6 is 24.0 Å². The van der Waals surface area contributed by atoms with E-state index >= 15 is 0 Å². The van der Waals surface area contributed by atoms with Crippen molar-refractivity contribution in [2.75, 3.05) is 39.6 Å². The summed E-state index contributed by atoms with van der Waals surface area (Å²) in [6, 6.07) is 0. The maximum absolute atomic E-state index is 12.0. The second kappa shape index (κ2) is 7.19. The van der Waals surface area contributed by atoms with E-state index < -0.39 is 10.2 Å². The summed E-state index contributed by atoms with van der Waals surface area (Å²) in [5.41, 5.74) is 5.78. The van der Waals surface area contributed by atoms with Crippen molar-refractivity contribution in [3.8, 4) is 0 Å². The molecule has 0 radical (unpaired) electrons. The summed E-state index contributed by atoms with van der Waals surface area (Å²) in [4.78, 5) is 0.462. The van der Waals surface area contributed by atoms with Gasteiger partial charge in [-0.15, -0.1) is 0 Å². The van der Waals surface area contributed by atoms with Crippen LogP contribution in [0, 0.1) is 0 Å². The van der Waals surface area contributed by atoms with E-state index in [9.17, 15) is 8.42 Å². The first kappa shape index (κ1) is 17.1. The maximum Gasteiger partial charge on any atom is 0.279 e. The van der Waals surface area contributed by atoms with E-state index in [1.807, 2.05) is 6.26 Å². The molecule has 0 aromatic rings.